The minimum Gasteiger partial charge on any atom is -0.451 e. The van der Waals surface area contributed by atoms with Gasteiger partial charge < -0.3 is 4.42 Å². The van der Waals surface area contributed by atoms with E-state index in [1.807, 2.05) is 24.3 Å². The average molecular weight is 517 g/mol. The number of aromatic nitrogens is 1. The molecule has 0 saturated heterocycles. The summed E-state index contributed by atoms with van der Waals surface area (Å²) in [5, 5.41) is 0.642. The number of rotatable bonds is 3. The third-order valence-corrected chi connectivity index (χ3v) is 5.84. The van der Waals surface area contributed by atoms with Crippen molar-refractivity contribution in [2.24, 2.45) is 5.84 Å². The molecule has 0 spiro atoms. The molecule has 0 aliphatic carbocycles. The van der Waals surface area contributed by atoms with Crippen molar-refractivity contribution in [3.05, 3.63) is 80.6 Å². The van der Waals surface area contributed by atoms with E-state index in [-0.39, 0.29) is 11.7 Å². The van der Waals surface area contributed by atoms with Gasteiger partial charge in [-0.3, -0.25) is 19.6 Å². The lowest BCUT2D eigenvalue weighted by Crippen LogP contribution is -2.30. The van der Waals surface area contributed by atoms with E-state index in [1.54, 1.807) is 37.3 Å². The summed E-state index contributed by atoms with van der Waals surface area (Å²) < 4.78 is 9.10. The van der Waals surface area contributed by atoms with Crippen molar-refractivity contribution in [1.29, 1.82) is 0 Å². The first-order chi connectivity index (χ1) is 13.9. The van der Waals surface area contributed by atoms with Gasteiger partial charge in [-0.2, -0.15) is 0 Å². The molecule has 0 bridgehead atoms. The predicted molar refractivity (Wildman–Crippen MR) is 118 cm³/mol. The number of halogens is 2. The second-order valence-corrected chi connectivity index (χ2v) is 8.15. The highest BCUT2D eigenvalue weighted by atomic mass is 79.9. The van der Waals surface area contributed by atoms with Gasteiger partial charge in [-0.15, -0.1) is 0 Å². The Labute approximate surface area is 182 Å². The van der Waals surface area contributed by atoms with Crippen molar-refractivity contribution in [1.82, 2.24) is 9.99 Å². The number of hydrazine groups is 1. The van der Waals surface area contributed by atoms with Crippen LogP contribution in [0.15, 0.2) is 68.0 Å². The Morgan fingerprint density at radius 1 is 1.07 bits per heavy atom. The molecule has 29 heavy (non-hydrogen) atoms. The number of nitrogens with two attached hydrogens (primary N) is 1. The lowest BCUT2D eigenvalue weighted by atomic mass is 10.1. The summed E-state index contributed by atoms with van der Waals surface area (Å²) in [7, 11) is 0. The number of amides is 1. The topological polar surface area (TPSA) is 90.3 Å². The molecule has 6 nitrogen and oxygen atoms in total. The normalized spacial score (nSPS) is 11.0. The smallest absolute Gasteiger partial charge is 0.298 e. The van der Waals surface area contributed by atoms with Gasteiger partial charge in [0.2, 0.25) is 0 Å². The van der Waals surface area contributed by atoms with Crippen molar-refractivity contribution in [2.75, 3.05) is 0 Å². The second-order valence-electron chi connectivity index (χ2n) is 6.38. The SMILES string of the molecule is Cc1c(C(=O)NN)c2ccccc2n1C(=O)c1ccc(-c2ccc(Br)cc2Br)o1. The third-order valence-electron chi connectivity index (χ3n) is 4.69. The number of carbonyl (C=O) groups is 2. The van der Waals surface area contributed by atoms with Crippen LogP contribution in [-0.4, -0.2) is 16.4 Å². The number of carbonyl (C=O) groups excluding carboxylic acids is 2. The first kappa shape index (κ1) is 19.6. The molecule has 2 aromatic carbocycles. The van der Waals surface area contributed by atoms with Gasteiger partial charge in [0.25, 0.3) is 11.8 Å². The van der Waals surface area contributed by atoms with Gasteiger partial charge in [-0.05, 0) is 59.3 Å². The number of fused-ring (bicyclic) bond motifs is 1. The molecule has 146 valence electrons. The fourth-order valence-electron chi connectivity index (χ4n) is 3.38. The largest absolute Gasteiger partial charge is 0.451 e. The molecule has 1 amide bonds. The Morgan fingerprint density at radius 3 is 2.55 bits per heavy atom. The maximum atomic E-state index is 13.3. The quantitative estimate of drug-likeness (QED) is 0.227. The van der Waals surface area contributed by atoms with E-state index in [4.69, 9.17) is 10.3 Å². The molecule has 3 N–H and O–H groups in total. The van der Waals surface area contributed by atoms with E-state index in [1.165, 1.54) is 4.57 Å². The van der Waals surface area contributed by atoms with Crippen molar-refractivity contribution in [3.63, 3.8) is 0 Å². The summed E-state index contributed by atoms with van der Waals surface area (Å²) in [6.45, 7) is 1.71. The van der Waals surface area contributed by atoms with Gasteiger partial charge in [0, 0.05) is 25.6 Å². The van der Waals surface area contributed by atoms with E-state index in [2.05, 4.69) is 37.3 Å². The molecular formula is C21H15Br2N3O3. The first-order valence-corrected chi connectivity index (χ1v) is 10.2. The van der Waals surface area contributed by atoms with E-state index in [9.17, 15) is 9.59 Å². The van der Waals surface area contributed by atoms with Crippen LogP contribution in [0.1, 0.15) is 26.6 Å². The molecule has 8 heteroatoms. The molecule has 2 aromatic heterocycles. The molecule has 0 atom stereocenters. The Bertz CT molecular complexity index is 1270. The zero-order valence-electron chi connectivity index (χ0n) is 15.2. The van der Waals surface area contributed by atoms with Crippen molar-refractivity contribution in [3.8, 4) is 11.3 Å². The van der Waals surface area contributed by atoms with Crippen LogP contribution < -0.4 is 11.3 Å². The molecule has 0 unspecified atom stereocenters. The molecule has 4 aromatic rings. The Morgan fingerprint density at radius 2 is 1.83 bits per heavy atom. The van der Waals surface area contributed by atoms with Gasteiger partial charge in [-0.25, -0.2) is 5.84 Å². The molecule has 0 aliphatic rings. The van der Waals surface area contributed by atoms with Crippen LogP contribution in [0.25, 0.3) is 22.2 Å². The highest BCUT2D eigenvalue weighted by Crippen LogP contribution is 2.33. The average Bonchev–Trinajstić information content (AvgIpc) is 3.29. The number of nitrogens with zero attached hydrogens (tertiary/aromatic N) is 1. The van der Waals surface area contributed by atoms with Crippen molar-refractivity contribution < 1.29 is 14.0 Å². The summed E-state index contributed by atoms with van der Waals surface area (Å²) in [5.41, 5.74) is 4.43. The minimum atomic E-state index is -0.454. The highest BCUT2D eigenvalue weighted by molar-refractivity contribution is 9.11. The van der Waals surface area contributed by atoms with Crippen molar-refractivity contribution >= 4 is 54.6 Å². The van der Waals surface area contributed by atoms with Gasteiger partial charge in [0.1, 0.15) is 5.76 Å². The summed E-state index contributed by atoms with van der Waals surface area (Å²) in [6.07, 6.45) is 0. The number of nitrogen functional groups attached to an aromatic ring is 1. The first-order valence-electron chi connectivity index (χ1n) is 8.63. The monoisotopic (exact) mass is 515 g/mol. The Balaban J connectivity index is 1.82. The fourth-order valence-corrected chi connectivity index (χ4v) is 4.63. The zero-order valence-corrected chi connectivity index (χ0v) is 18.4. The molecule has 0 fully saturated rings. The van der Waals surface area contributed by atoms with Crippen LogP contribution in [0.2, 0.25) is 0 Å². The van der Waals surface area contributed by atoms with E-state index in [0.29, 0.717) is 27.9 Å². The maximum Gasteiger partial charge on any atom is 0.298 e. The van der Waals surface area contributed by atoms with Crippen LogP contribution in [-0.2, 0) is 0 Å². The van der Waals surface area contributed by atoms with E-state index < -0.39 is 5.91 Å². The van der Waals surface area contributed by atoms with Gasteiger partial charge in [0.15, 0.2) is 5.76 Å². The lowest BCUT2D eigenvalue weighted by Gasteiger charge is -2.06. The second kappa shape index (κ2) is 7.62. The van der Waals surface area contributed by atoms with Crippen LogP contribution in [0, 0.1) is 6.92 Å². The van der Waals surface area contributed by atoms with Gasteiger partial charge >= 0.3 is 0 Å². The van der Waals surface area contributed by atoms with Crippen molar-refractivity contribution in [2.45, 2.75) is 6.92 Å². The lowest BCUT2D eigenvalue weighted by molar-refractivity contribution is 0.0936. The number of hydrogen-bond donors (Lipinski definition) is 2. The van der Waals surface area contributed by atoms with Gasteiger partial charge in [0.05, 0.1) is 11.1 Å². The Hall–Kier alpha value is -2.68. The highest BCUT2D eigenvalue weighted by Gasteiger charge is 2.25. The number of nitrogens with one attached hydrogen (secondary N) is 1. The molecule has 4 rings (SSSR count). The molecule has 2 heterocycles. The minimum absolute atomic E-state index is 0.165. The third kappa shape index (κ3) is 3.33. The van der Waals surface area contributed by atoms with Crippen LogP contribution in [0.5, 0.6) is 0 Å². The number of hydrogen-bond acceptors (Lipinski definition) is 4. The van der Waals surface area contributed by atoms with Crippen LogP contribution in [0.4, 0.5) is 0 Å². The van der Waals surface area contributed by atoms with Crippen LogP contribution in [0.3, 0.4) is 0 Å². The number of furan rings is 1. The number of benzene rings is 2. The van der Waals surface area contributed by atoms with Gasteiger partial charge in [-0.1, -0.05) is 34.1 Å². The number of para-hydroxylation sites is 1. The van der Waals surface area contributed by atoms with E-state index in [0.717, 1.165) is 14.5 Å². The fraction of sp³-hybridized carbons (Fsp3) is 0.0476. The maximum absolute atomic E-state index is 13.3. The molecule has 0 saturated carbocycles. The summed E-state index contributed by atoms with van der Waals surface area (Å²) in [4.78, 5) is 25.6. The van der Waals surface area contributed by atoms with Crippen LogP contribution >= 0.6 is 31.9 Å². The standard InChI is InChI=1S/C21H15Br2N3O3/c1-11-19(20(27)25-24)14-4-2-3-5-16(14)26(11)21(28)18-9-8-17(29-18)13-7-6-12(22)10-15(13)23/h2-10H,24H2,1H3,(H,25,27). The molecule has 0 aliphatic heterocycles. The summed E-state index contributed by atoms with van der Waals surface area (Å²) >= 11 is 6.93. The molecular weight excluding hydrogens is 502 g/mol. The predicted octanol–water partition coefficient (Wildman–Crippen LogP) is 5.03. The Kier molecular flexibility index (Phi) is 5.16. The molecule has 0 radical (unpaired) electrons. The summed E-state index contributed by atoms with van der Waals surface area (Å²) in [5.74, 6) is 5.23. The zero-order chi connectivity index (χ0) is 20.7. The van der Waals surface area contributed by atoms with E-state index >= 15 is 0 Å². The summed E-state index contributed by atoms with van der Waals surface area (Å²) in [6, 6.07) is 16.2.